The number of nitrogens with zero attached hydrogens (tertiary/aromatic N) is 4. The van der Waals surface area contributed by atoms with E-state index in [0.29, 0.717) is 11.1 Å². The zero-order valence-corrected chi connectivity index (χ0v) is 18.5. The van der Waals surface area contributed by atoms with Crippen molar-refractivity contribution in [3.8, 4) is 22.6 Å². The number of nitrogens with two attached hydrogens (primary N) is 1. The number of rotatable bonds is 8. The van der Waals surface area contributed by atoms with E-state index >= 15 is 0 Å². The summed E-state index contributed by atoms with van der Waals surface area (Å²) >= 11 is 1.33. The minimum absolute atomic E-state index is 0.173. The zero-order valence-electron chi connectivity index (χ0n) is 17.7. The van der Waals surface area contributed by atoms with Crippen LogP contribution in [0, 0.1) is 5.92 Å². The zero-order chi connectivity index (χ0) is 21.8. The number of thioether (sulfide) groups is 1. The van der Waals surface area contributed by atoms with Gasteiger partial charge in [0.25, 0.3) is 0 Å². The van der Waals surface area contributed by atoms with E-state index in [1.54, 1.807) is 0 Å². The summed E-state index contributed by atoms with van der Waals surface area (Å²) in [5.41, 5.74) is 9.18. The van der Waals surface area contributed by atoms with Crippen molar-refractivity contribution in [1.29, 1.82) is 0 Å². The van der Waals surface area contributed by atoms with Gasteiger partial charge in [-0.1, -0.05) is 74.1 Å². The molecule has 7 heteroatoms. The molecular formula is C24H25N5OS. The van der Waals surface area contributed by atoms with Crippen LogP contribution in [0.1, 0.15) is 20.3 Å². The maximum atomic E-state index is 11.3. The second-order valence-corrected chi connectivity index (χ2v) is 8.78. The van der Waals surface area contributed by atoms with E-state index in [0.717, 1.165) is 46.5 Å². The number of carbonyl (C=O) groups excluding carboxylic acids is 1. The number of carbonyl (C=O) groups is 1. The number of primary amides is 1. The van der Waals surface area contributed by atoms with Gasteiger partial charge in [0.1, 0.15) is 0 Å². The molecule has 4 aromatic rings. The van der Waals surface area contributed by atoms with Crippen molar-refractivity contribution in [3.05, 3.63) is 60.7 Å². The predicted molar refractivity (Wildman–Crippen MR) is 126 cm³/mol. The molecule has 0 aliphatic rings. The lowest BCUT2D eigenvalue weighted by atomic mass is 10.0. The summed E-state index contributed by atoms with van der Waals surface area (Å²) in [5, 5.41) is 10.7. The van der Waals surface area contributed by atoms with Crippen LogP contribution in [0.5, 0.6) is 0 Å². The van der Waals surface area contributed by atoms with E-state index in [-0.39, 0.29) is 11.7 Å². The fraction of sp³-hybridized carbons (Fsp3) is 0.250. The summed E-state index contributed by atoms with van der Waals surface area (Å²) in [5.74, 6) is 1.11. The van der Waals surface area contributed by atoms with Crippen LogP contribution in [0.25, 0.3) is 33.5 Å². The Morgan fingerprint density at radius 1 is 1.06 bits per heavy atom. The van der Waals surface area contributed by atoms with Gasteiger partial charge in [0, 0.05) is 23.1 Å². The molecule has 0 aliphatic heterocycles. The Hall–Kier alpha value is -3.19. The van der Waals surface area contributed by atoms with Crippen molar-refractivity contribution in [2.45, 2.75) is 32.0 Å². The number of hydrogen-bond acceptors (Lipinski definition) is 5. The first-order valence-corrected chi connectivity index (χ1v) is 11.3. The fourth-order valence-corrected chi connectivity index (χ4v) is 4.14. The molecule has 6 nitrogen and oxygen atoms in total. The lowest BCUT2D eigenvalue weighted by Crippen LogP contribution is -2.14. The average molecular weight is 432 g/mol. The summed E-state index contributed by atoms with van der Waals surface area (Å²) < 4.78 is 2.10. The number of benzene rings is 2. The quantitative estimate of drug-likeness (QED) is 0.406. The first-order chi connectivity index (χ1) is 15.0. The molecule has 2 aromatic carbocycles. The van der Waals surface area contributed by atoms with Gasteiger partial charge in [-0.15, -0.1) is 10.2 Å². The molecule has 0 unspecified atom stereocenters. The van der Waals surface area contributed by atoms with Crippen molar-refractivity contribution in [3.63, 3.8) is 0 Å². The van der Waals surface area contributed by atoms with Crippen LogP contribution in [0.3, 0.4) is 0 Å². The maximum absolute atomic E-state index is 11.3. The highest BCUT2D eigenvalue weighted by molar-refractivity contribution is 7.99. The summed E-state index contributed by atoms with van der Waals surface area (Å²) in [6.07, 6.45) is 0.976. The van der Waals surface area contributed by atoms with Crippen molar-refractivity contribution in [2.75, 3.05) is 5.75 Å². The third kappa shape index (κ3) is 4.77. The van der Waals surface area contributed by atoms with Crippen molar-refractivity contribution in [1.82, 2.24) is 19.7 Å². The molecule has 2 aromatic heterocycles. The summed E-state index contributed by atoms with van der Waals surface area (Å²) in [6.45, 7) is 5.14. The first kappa shape index (κ1) is 21.1. The van der Waals surface area contributed by atoms with Gasteiger partial charge in [-0.2, -0.15) is 0 Å². The van der Waals surface area contributed by atoms with Gasteiger partial charge in [0.05, 0.1) is 17.0 Å². The SMILES string of the molecule is CC(C)CCn1c(SCC(N)=O)nnc1-c1cc(-c2ccccc2)nc2ccccc12. The van der Waals surface area contributed by atoms with Crippen molar-refractivity contribution < 1.29 is 4.79 Å². The molecule has 158 valence electrons. The molecule has 2 heterocycles. The van der Waals surface area contributed by atoms with E-state index in [2.05, 4.69) is 52.9 Å². The largest absolute Gasteiger partial charge is 0.369 e. The van der Waals surface area contributed by atoms with Crippen LogP contribution in [-0.4, -0.2) is 31.4 Å². The van der Waals surface area contributed by atoms with Crippen LogP contribution >= 0.6 is 11.8 Å². The van der Waals surface area contributed by atoms with Gasteiger partial charge in [-0.25, -0.2) is 4.98 Å². The Labute approximate surface area is 185 Å². The topological polar surface area (TPSA) is 86.7 Å². The minimum atomic E-state index is -0.370. The molecule has 0 atom stereocenters. The Balaban J connectivity index is 1.88. The number of pyridine rings is 1. The van der Waals surface area contributed by atoms with Crippen molar-refractivity contribution in [2.24, 2.45) is 11.7 Å². The number of fused-ring (bicyclic) bond motifs is 1. The normalized spacial score (nSPS) is 11.3. The Bertz CT molecular complexity index is 1200. The Kier molecular flexibility index (Phi) is 6.32. The molecule has 0 bridgehead atoms. The van der Waals surface area contributed by atoms with Crippen LogP contribution < -0.4 is 5.73 Å². The molecule has 0 radical (unpaired) electrons. The van der Waals surface area contributed by atoms with E-state index < -0.39 is 0 Å². The number of hydrogen-bond donors (Lipinski definition) is 1. The van der Waals surface area contributed by atoms with E-state index in [4.69, 9.17) is 10.7 Å². The summed E-state index contributed by atoms with van der Waals surface area (Å²) in [4.78, 5) is 16.2. The van der Waals surface area contributed by atoms with Crippen molar-refractivity contribution >= 4 is 28.6 Å². The highest BCUT2D eigenvalue weighted by atomic mass is 32.2. The molecule has 4 rings (SSSR count). The van der Waals surface area contributed by atoms with Crippen LogP contribution in [-0.2, 0) is 11.3 Å². The molecule has 1 amide bonds. The smallest absolute Gasteiger partial charge is 0.227 e. The molecule has 0 spiro atoms. The fourth-order valence-electron chi connectivity index (χ4n) is 3.44. The Morgan fingerprint density at radius 2 is 1.81 bits per heavy atom. The van der Waals surface area contributed by atoms with E-state index in [1.165, 1.54) is 11.8 Å². The average Bonchev–Trinajstić information content (AvgIpc) is 3.18. The van der Waals surface area contributed by atoms with Gasteiger partial charge >= 0.3 is 0 Å². The predicted octanol–water partition coefficient (Wildman–Crippen LogP) is 4.78. The summed E-state index contributed by atoms with van der Waals surface area (Å²) in [7, 11) is 0. The van der Waals surface area contributed by atoms with Crippen LogP contribution in [0.2, 0.25) is 0 Å². The molecule has 0 saturated heterocycles. The van der Waals surface area contributed by atoms with Crippen LogP contribution in [0.15, 0.2) is 65.8 Å². The van der Waals surface area contributed by atoms with Gasteiger partial charge in [0.2, 0.25) is 5.91 Å². The lowest BCUT2D eigenvalue weighted by Gasteiger charge is -2.14. The molecule has 31 heavy (non-hydrogen) atoms. The highest BCUT2D eigenvalue weighted by Gasteiger charge is 2.19. The standard InChI is InChI=1S/C24H25N5OS/c1-16(2)12-13-29-23(27-28-24(29)31-15-22(25)30)19-14-21(17-8-4-3-5-9-17)26-20-11-7-6-10-18(19)20/h3-11,14,16H,12-13,15H2,1-2H3,(H2,25,30). The molecule has 0 saturated carbocycles. The van der Waals surface area contributed by atoms with Crippen LogP contribution in [0.4, 0.5) is 0 Å². The minimum Gasteiger partial charge on any atom is -0.369 e. The monoisotopic (exact) mass is 431 g/mol. The number of para-hydroxylation sites is 1. The third-order valence-electron chi connectivity index (χ3n) is 5.02. The maximum Gasteiger partial charge on any atom is 0.227 e. The van der Waals surface area contributed by atoms with Gasteiger partial charge in [-0.3, -0.25) is 4.79 Å². The Morgan fingerprint density at radius 3 is 2.55 bits per heavy atom. The van der Waals surface area contributed by atoms with Gasteiger partial charge < -0.3 is 10.3 Å². The third-order valence-corrected chi connectivity index (χ3v) is 6.01. The number of amides is 1. The van der Waals surface area contributed by atoms with E-state index in [9.17, 15) is 4.79 Å². The molecular weight excluding hydrogens is 406 g/mol. The first-order valence-electron chi connectivity index (χ1n) is 10.3. The lowest BCUT2D eigenvalue weighted by molar-refractivity contribution is -0.115. The second-order valence-electron chi connectivity index (χ2n) is 7.83. The van der Waals surface area contributed by atoms with Gasteiger partial charge in [-0.05, 0) is 24.5 Å². The number of aromatic nitrogens is 4. The molecule has 2 N–H and O–H groups in total. The highest BCUT2D eigenvalue weighted by Crippen LogP contribution is 2.33. The molecule has 0 aliphatic carbocycles. The van der Waals surface area contributed by atoms with E-state index in [1.807, 2.05) is 36.4 Å². The molecule has 0 fully saturated rings. The summed E-state index contributed by atoms with van der Waals surface area (Å²) in [6, 6.07) is 20.3. The second kappa shape index (κ2) is 9.31. The van der Waals surface area contributed by atoms with Gasteiger partial charge in [0.15, 0.2) is 11.0 Å².